The minimum Gasteiger partial charge on any atom is -0.389 e. The first-order chi connectivity index (χ1) is 7.47. The zero-order chi connectivity index (χ0) is 12.0. The lowest BCUT2D eigenvalue weighted by molar-refractivity contribution is -0.0484. The van der Waals surface area contributed by atoms with Crippen molar-refractivity contribution < 1.29 is 9.84 Å². The number of aliphatic hydroxyl groups is 1. The molecule has 0 amide bonds. The first-order valence-corrected chi connectivity index (χ1v) is 6.18. The highest BCUT2D eigenvalue weighted by atomic mass is 16.5. The molecule has 0 radical (unpaired) electrons. The summed E-state index contributed by atoms with van der Waals surface area (Å²) in [5, 5.41) is 13.1. The zero-order valence-electron chi connectivity index (χ0n) is 10.7. The zero-order valence-corrected chi connectivity index (χ0v) is 10.7. The molecule has 0 spiro atoms. The van der Waals surface area contributed by atoms with Crippen LogP contribution in [0.5, 0.6) is 0 Å². The quantitative estimate of drug-likeness (QED) is 0.704. The molecule has 0 saturated carbocycles. The van der Waals surface area contributed by atoms with Crippen LogP contribution >= 0.6 is 0 Å². The van der Waals surface area contributed by atoms with Crippen LogP contribution in [-0.2, 0) is 4.74 Å². The standard InChI is InChI=1S/C13H25NO2/c1-13(2,3)16-10-12(15)9-14-11-7-5-4-6-8-11/h4-5,11-12,14-15H,6-10H2,1-3H3. The van der Waals surface area contributed by atoms with Gasteiger partial charge in [-0.05, 0) is 40.0 Å². The maximum Gasteiger partial charge on any atom is 0.0898 e. The molecule has 1 aliphatic rings. The van der Waals surface area contributed by atoms with Crippen LogP contribution in [0.25, 0.3) is 0 Å². The third kappa shape index (κ3) is 6.26. The molecule has 1 rings (SSSR count). The van der Waals surface area contributed by atoms with Gasteiger partial charge in [-0.3, -0.25) is 0 Å². The van der Waals surface area contributed by atoms with Crippen LogP contribution in [0.3, 0.4) is 0 Å². The summed E-state index contributed by atoms with van der Waals surface area (Å²) in [6.45, 7) is 7.02. The number of ether oxygens (including phenoxy) is 1. The van der Waals surface area contributed by atoms with Crippen LogP contribution in [0.4, 0.5) is 0 Å². The van der Waals surface area contributed by atoms with Crippen molar-refractivity contribution >= 4 is 0 Å². The van der Waals surface area contributed by atoms with Gasteiger partial charge in [-0.25, -0.2) is 0 Å². The minimum atomic E-state index is -0.412. The van der Waals surface area contributed by atoms with Crippen molar-refractivity contribution in [1.82, 2.24) is 5.32 Å². The van der Waals surface area contributed by atoms with Crippen LogP contribution in [0, 0.1) is 0 Å². The number of nitrogens with one attached hydrogen (secondary N) is 1. The fraction of sp³-hybridized carbons (Fsp3) is 0.846. The molecule has 0 saturated heterocycles. The summed E-state index contributed by atoms with van der Waals surface area (Å²) in [4.78, 5) is 0. The van der Waals surface area contributed by atoms with E-state index in [9.17, 15) is 5.11 Å². The van der Waals surface area contributed by atoms with Crippen molar-refractivity contribution in [2.45, 2.75) is 57.8 Å². The van der Waals surface area contributed by atoms with Gasteiger partial charge in [0.05, 0.1) is 18.3 Å². The van der Waals surface area contributed by atoms with Gasteiger partial charge in [0.25, 0.3) is 0 Å². The van der Waals surface area contributed by atoms with Crippen LogP contribution in [0.1, 0.15) is 40.0 Å². The summed E-state index contributed by atoms with van der Waals surface area (Å²) in [6, 6.07) is 0.522. The van der Waals surface area contributed by atoms with E-state index in [2.05, 4.69) is 17.5 Å². The second-order valence-corrected chi connectivity index (χ2v) is 5.47. The monoisotopic (exact) mass is 227 g/mol. The molecule has 2 atom stereocenters. The molecular weight excluding hydrogens is 202 g/mol. The average Bonchev–Trinajstić information content (AvgIpc) is 2.24. The van der Waals surface area contributed by atoms with E-state index in [4.69, 9.17) is 4.74 Å². The van der Waals surface area contributed by atoms with E-state index >= 15 is 0 Å². The van der Waals surface area contributed by atoms with Gasteiger partial charge >= 0.3 is 0 Å². The van der Waals surface area contributed by atoms with Gasteiger partial charge in [-0.2, -0.15) is 0 Å². The Balaban J connectivity index is 2.10. The van der Waals surface area contributed by atoms with E-state index in [1.54, 1.807) is 0 Å². The summed E-state index contributed by atoms with van der Waals surface area (Å²) >= 11 is 0. The molecule has 94 valence electrons. The molecule has 0 heterocycles. The van der Waals surface area contributed by atoms with Crippen LogP contribution < -0.4 is 5.32 Å². The Morgan fingerprint density at radius 1 is 1.44 bits per heavy atom. The van der Waals surface area contributed by atoms with Gasteiger partial charge < -0.3 is 15.2 Å². The third-order valence-corrected chi connectivity index (χ3v) is 2.62. The van der Waals surface area contributed by atoms with Gasteiger partial charge in [-0.1, -0.05) is 12.2 Å². The number of allylic oxidation sites excluding steroid dienone is 1. The van der Waals surface area contributed by atoms with Gasteiger partial charge in [-0.15, -0.1) is 0 Å². The maximum atomic E-state index is 9.74. The number of rotatable bonds is 5. The Labute approximate surface area is 98.9 Å². The Morgan fingerprint density at radius 3 is 2.75 bits per heavy atom. The molecule has 0 fully saturated rings. The van der Waals surface area contributed by atoms with Crippen molar-refractivity contribution in [3.63, 3.8) is 0 Å². The highest BCUT2D eigenvalue weighted by Crippen LogP contribution is 2.11. The van der Waals surface area contributed by atoms with E-state index in [1.165, 1.54) is 6.42 Å². The molecule has 1 aliphatic carbocycles. The van der Waals surface area contributed by atoms with Crippen molar-refractivity contribution in [2.24, 2.45) is 0 Å². The lowest BCUT2D eigenvalue weighted by atomic mass is 10.0. The van der Waals surface area contributed by atoms with E-state index in [0.717, 1.165) is 12.8 Å². The molecule has 3 heteroatoms. The topological polar surface area (TPSA) is 41.5 Å². The highest BCUT2D eigenvalue weighted by Gasteiger charge is 2.15. The van der Waals surface area contributed by atoms with Crippen molar-refractivity contribution in [3.8, 4) is 0 Å². The van der Waals surface area contributed by atoms with Crippen molar-refractivity contribution in [3.05, 3.63) is 12.2 Å². The van der Waals surface area contributed by atoms with E-state index in [0.29, 0.717) is 19.2 Å². The average molecular weight is 227 g/mol. The fourth-order valence-corrected chi connectivity index (χ4v) is 1.69. The molecule has 3 nitrogen and oxygen atoms in total. The van der Waals surface area contributed by atoms with Crippen LogP contribution in [0.2, 0.25) is 0 Å². The third-order valence-electron chi connectivity index (χ3n) is 2.62. The Morgan fingerprint density at radius 2 is 2.19 bits per heavy atom. The summed E-state index contributed by atoms with van der Waals surface area (Å²) in [7, 11) is 0. The lowest BCUT2D eigenvalue weighted by Crippen LogP contribution is -2.39. The summed E-state index contributed by atoms with van der Waals surface area (Å²) < 4.78 is 5.53. The molecule has 0 aliphatic heterocycles. The molecule has 0 aromatic heterocycles. The molecule has 16 heavy (non-hydrogen) atoms. The Kier molecular flexibility index (Phi) is 5.46. The smallest absolute Gasteiger partial charge is 0.0898 e. The lowest BCUT2D eigenvalue weighted by Gasteiger charge is -2.24. The number of aliphatic hydroxyl groups excluding tert-OH is 1. The minimum absolute atomic E-state index is 0.172. The SMILES string of the molecule is CC(C)(C)OCC(O)CNC1CC=CCC1. The van der Waals surface area contributed by atoms with Crippen LogP contribution in [0.15, 0.2) is 12.2 Å². The van der Waals surface area contributed by atoms with Gasteiger partial charge in [0.2, 0.25) is 0 Å². The molecule has 0 aromatic rings. The van der Waals surface area contributed by atoms with E-state index in [-0.39, 0.29) is 5.60 Å². The van der Waals surface area contributed by atoms with Crippen LogP contribution in [-0.4, -0.2) is 36.0 Å². The molecule has 0 bridgehead atoms. The van der Waals surface area contributed by atoms with Crippen molar-refractivity contribution in [1.29, 1.82) is 0 Å². The molecule has 0 aromatic carbocycles. The predicted octanol–water partition coefficient (Wildman–Crippen LogP) is 1.86. The highest BCUT2D eigenvalue weighted by molar-refractivity contribution is 4.93. The second kappa shape index (κ2) is 6.38. The largest absolute Gasteiger partial charge is 0.389 e. The van der Waals surface area contributed by atoms with Gasteiger partial charge in [0.15, 0.2) is 0 Å². The Bertz CT molecular complexity index is 220. The molecule has 2 N–H and O–H groups in total. The fourth-order valence-electron chi connectivity index (χ4n) is 1.69. The Hall–Kier alpha value is -0.380. The predicted molar refractivity (Wildman–Crippen MR) is 66.5 cm³/mol. The second-order valence-electron chi connectivity index (χ2n) is 5.47. The van der Waals surface area contributed by atoms with Gasteiger partial charge in [0, 0.05) is 12.6 Å². The first kappa shape index (κ1) is 13.7. The summed E-state index contributed by atoms with van der Waals surface area (Å²) in [5.74, 6) is 0. The van der Waals surface area contributed by atoms with E-state index in [1.807, 2.05) is 20.8 Å². The van der Waals surface area contributed by atoms with Gasteiger partial charge in [0.1, 0.15) is 0 Å². The summed E-state index contributed by atoms with van der Waals surface area (Å²) in [6.07, 6.45) is 7.41. The maximum absolute atomic E-state index is 9.74. The number of hydrogen-bond donors (Lipinski definition) is 2. The van der Waals surface area contributed by atoms with Crippen molar-refractivity contribution in [2.75, 3.05) is 13.2 Å². The normalized spacial score (nSPS) is 23.4. The molecule has 2 unspecified atom stereocenters. The number of hydrogen-bond acceptors (Lipinski definition) is 3. The summed E-state index contributed by atoms with van der Waals surface area (Å²) in [5.41, 5.74) is -0.172. The first-order valence-electron chi connectivity index (χ1n) is 6.18. The van der Waals surface area contributed by atoms with E-state index < -0.39 is 6.10 Å². The molecular formula is C13H25NO2.